The van der Waals surface area contributed by atoms with Crippen molar-refractivity contribution in [1.82, 2.24) is 20.1 Å². The Kier molecular flexibility index (Phi) is 6.54. The number of amides is 4. The average Bonchev–Trinajstić information content (AvgIpc) is 3.44. The molecule has 36 heavy (non-hydrogen) atoms. The number of urea groups is 1. The van der Waals surface area contributed by atoms with E-state index >= 15 is 0 Å². The Bertz CT molecular complexity index is 1320. The van der Waals surface area contributed by atoms with Gasteiger partial charge >= 0.3 is 6.03 Å². The van der Waals surface area contributed by atoms with Crippen molar-refractivity contribution >= 4 is 28.7 Å². The molecule has 2 aromatic carbocycles. The zero-order chi connectivity index (χ0) is 25.2. The van der Waals surface area contributed by atoms with Gasteiger partial charge in [-0.05, 0) is 54.2 Å². The monoisotopic (exact) mass is 490 g/mol. The molecule has 0 spiro atoms. The molecule has 1 aromatic heterocycles. The van der Waals surface area contributed by atoms with Gasteiger partial charge in [0.25, 0.3) is 5.91 Å². The van der Waals surface area contributed by atoms with Gasteiger partial charge in [-0.3, -0.25) is 14.5 Å². The van der Waals surface area contributed by atoms with Crippen LogP contribution in [0.25, 0.3) is 10.9 Å². The minimum Gasteiger partial charge on any atom is -0.493 e. The van der Waals surface area contributed by atoms with E-state index in [4.69, 9.17) is 9.47 Å². The second-order valence-corrected chi connectivity index (χ2v) is 9.18. The number of imide groups is 1. The van der Waals surface area contributed by atoms with Crippen molar-refractivity contribution in [2.24, 2.45) is 0 Å². The fourth-order valence-electron chi connectivity index (χ4n) is 5.08. The van der Waals surface area contributed by atoms with Crippen LogP contribution in [0.5, 0.6) is 11.5 Å². The first-order valence-corrected chi connectivity index (χ1v) is 12.2. The predicted molar refractivity (Wildman–Crippen MR) is 134 cm³/mol. The second kappa shape index (κ2) is 9.93. The normalized spacial score (nSPS) is 17.3. The third-order valence-corrected chi connectivity index (χ3v) is 7.10. The van der Waals surface area contributed by atoms with Gasteiger partial charge < -0.3 is 24.7 Å². The maximum atomic E-state index is 12.9. The summed E-state index contributed by atoms with van der Waals surface area (Å²) >= 11 is 0. The van der Waals surface area contributed by atoms with Crippen LogP contribution in [-0.4, -0.2) is 66.0 Å². The van der Waals surface area contributed by atoms with Gasteiger partial charge in [-0.1, -0.05) is 18.2 Å². The number of nitrogens with zero attached hydrogens (tertiary/aromatic N) is 2. The van der Waals surface area contributed by atoms with E-state index in [2.05, 4.69) is 10.3 Å². The minimum absolute atomic E-state index is 0.0327. The van der Waals surface area contributed by atoms with E-state index in [0.29, 0.717) is 37.6 Å². The van der Waals surface area contributed by atoms with E-state index in [1.807, 2.05) is 42.6 Å². The number of aromatic nitrogens is 1. The van der Waals surface area contributed by atoms with Crippen LogP contribution in [-0.2, 0) is 29.0 Å². The van der Waals surface area contributed by atoms with Crippen molar-refractivity contribution in [3.05, 3.63) is 59.3 Å². The van der Waals surface area contributed by atoms with E-state index in [1.165, 1.54) is 4.90 Å². The quantitative estimate of drug-likeness (QED) is 0.473. The maximum Gasteiger partial charge on any atom is 0.324 e. The molecule has 1 saturated heterocycles. The Morgan fingerprint density at radius 2 is 1.83 bits per heavy atom. The number of benzene rings is 2. The van der Waals surface area contributed by atoms with Gasteiger partial charge in [0.15, 0.2) is 11.5 Å². The van der Waals surface area contributed by atoms with E-state index in [0.717, 1.165) is 34.0 Å². The molecule has 2 aliphatic heterocycles. The average molecular weight is 491 g/mol. The summed E-state index contributed by atoms with van der Waals surface area (Å²) in [5.41, 5.74) is 4.25. The number of para-hydroxylation sites is 1. The molecule has 0 unspecified atom stereocenters. The number of H-pyrrole nitrogens is 1. The highest BCUT2D eigenvalue weighted by Crippen LogP contribution is 2.33. The number of aromatic amines is 1. The molecule has 0 radical (unpaired) electrons. The third-order valence-electron chi connectivity index (χ3n) is 7.10. The Labute approximate surface area is 209 Å². The smallest absolute Gasteiger partial charge is 0.324 e. The Morgan fingerprint density at radius 3 is 2.61 bits per heavy atom. The standard InChI is InChI=1S/C27H30N4O5/c1-35-23-13-17-9-11-30(16-19(17)14-24(23)36-2)25(32)8-7-22-26(33)31(27(34)29-22)12-10-18-15-28-21-6-4-3-5-20(18)21/h3-6,13-15,22,28H,7-12,16H2,1-2H3,(H,29,34)/t22-/m1/s1. The zero-order valence-corrected chi connectivity index (χ0v) is 20.5. The first-order valence-electron chi connectivity index (χ1n) is 12.2. The molecule has 0 saturated carbocycles. The van der Waals surface area contributed by atoms with Crippen LogP contribution in [0.15, 0.2) is 42.6 Å². The zero-order valence-electron chi connectivity index (χ0n) is 20.5. The molecular weight excluding hydrogens is 460 g/mol. The highest BCUT2D eigenvalue weighted by molar-refractivity contribution is 6.04. The van der Waals surface area contributed by atoms with E-state index in [1.54, 1.807) is 19.1 Å². The number of hydrogen-bond donors (Lipinski definition) is 2. The van der Waals surface area contributed by atoms with Crippen LogP contribution in [0.3, 0.4) is 0 Å². The summed E-state index contributed by atoms with van der Waals surface area (Å²) in [5.74, 6) is 1.02. The molecular formula is C27H30N4O5. The van der Waals surface area contributed by atoms with Crippen LogP contribution in [0, 0.1) is 0 Å². The Hall–Kier alpha value is -4.01. The van der Waals surface area contributed by atoms with Gasteiger partial charge in [0.2, 0.25) is 5.91 Å². The van der Waals surface area contributed by atoms with Crippen LogP contribution in [0.2, 0.25) is 0 Å². The summed E-state index contributed by atoms with van der Waals surface area (Å²) in [6.45, 7) is 1.38. The lowest BCUT2D eigenvalue weighted by Gasteiger charge is -2.30. The molecule has 188 valence electrons. The topological polar surface area (TPSA) is 104 Å². The molecule has 9 heteroatoms. The molecule has 5 rings (SSSR count). The first-order chi connectivity index (χ1) is 17.5. The predicted octanol–water partition coefficient (Wildman–Crippen LogP) is 3.01. The molecule has 0 aliphatic carbocycles. The first kappa shape index (κ1) is 23.7. The van der Waals surface area contributed by atoms with E-state index in [9.17, 15) is 14.4 Å². The lowest BCUT2D eigenvalue weighted by atomic mass is 9.98. The number of fused-ring (bicyclic) bond motifs is 2. The summed E-state index contributed by atoms with van der Waals surface area (Å²) in [6, 6.07) is 10.8. The third kappa shape index (κ3) is 4.48. The lowest BCUT2D eigenvalue weighted by Crippen LogP contribution is -2.37. The van der Waals surface area contributed by atoms with Gasteiger partial charge in [0.1, 0.15) is 6.04 Å². The molecule has 2 N–H and O–H groups in total. The summed E-state index contributed by atoms with van der Waals surface area (Å²) in [4.78, 5) is 44.6. The summed E-state index contributed by atoms with van der Waals surface area (Å²) in [5, 5.41) is 3.84. The number of methoxy groups -OCH3 is 2. The number of rotatable bonds is 8. The van der Waals surface area contributed by atoms with Crippen LogP contribution in [0.4, 0.5) is 4.79 Å². The number of hydrogen-bond acceptors (Lipinski definition) is 5. The molecule has 4 amide bonds. The highest BCUT2D eigenvalue weighted by Gasteiger charge is 2.38. The van der Waals surface area contributed by atoms with Crippen molar-refractivity contribution in [2.75, 3.05) is 27.3 Å². The highest BCUT2D eigenvalue weighted by atomic mass is 16.5. The van der Waals surface area contributed by atoms with Crippen molar-refractivity contribution in [2.45, 2.75) is 38.3 Å². The van der Waals surface area contributed by atoms with Crippen LogP contribution in [0.1, 0.15) is 29.5 Å². The van der Waals surface area contributed by atoms with Crippen molar-refractivity contribution < 1.29 is 23.9 Å². The SMILES string of the molecule is COc1cc2c(cc1OC)CN(C(=O)CC[C@H]1NC(=O)N(CCc3c[nH]c4ccccc34)C1=O)CC2. The molecule has 0 bridgehead atoms. The molecule has 1 atom stereocenters. The summed E-state index contributed by atoms with van der Waals surface area (Å²) in [6.07, 6.45) is 3.68. The van der Waals surface area contributed by atoms with Crippen LogP contribution >= 0.6 is 0 Å². The summed E-state index contributed by atoms with van der Waals surface area (Å²) < 4.78 is 10.8. The Morgan fingerprint density at radius 1 is 1.08 bits per heavy atom. The van der Waals surface area contributed by atoms with Crippen molar-refractivity contribution in [1.29, 1.82) is 0 Å². The molecule has 3 aromatic rings. The van der Waals surface area contributed by atoms with Gasteiger partial charge in [-0.2, -0.15) is 0 Å². The van der Waals surface area contributed by atoms with Crippen molar-refractivity contribution in [3.63, 3.8) is 0 Å². The van der Waals surface area contributed by atoms with Gasteiger partial charge in [-0.15, -0.1) is 0 Å². The fourth-order valence-corrected chi connectivity index (χ4v) is 5.08. The summed E-state index contributed by atoms with van der Waals surface area (Å²) in [7, 11) is 3.20. The minimum atomic E-state index is -0.675. The molecule has 1 fully saturated rings. The maximum absolute atomic E-state index is 12.9. The lowest BCUT2D eigenvalue weighted by molar-refractivity contribution is -0.132. The number of carbonyl (C=O) groups is 3. The van der Waals surface area contributed by atoms with E-state index < -0.39 is 12.1 Å². The molecule has 9 nitrogen and oxygen atoms in total. The van der Waals surface area contributed by atoms with E-state index in [-0.39, 0.29) is 24.7 Å². The Balaban J connectivity index is 1.16. The van der Waals surface area contributed by atoms with Crippen LogP contribution < -0.4 is 14.8 Å². The van der Waals surface area contributed by atoms with Gasteiger partial charge in [-0.25, -0.2) is 4.79 Å². The van der Waals surface area contributed by atoms with Crippen molar-refractivity contribution in [3.8, 4) is 11.5 Å². The number of ether oxygens (including phenoxy) is 2. The fraction of sp³-hybridized carbons (Fsp3) is 0.370. The molecule has 2 aliphatic rings. The van der Waals surface area contributed by atoms with Gasteiger partial charge in [0, 0.05) is 43.2 Å². The van der Waals surface area contributed by atoms with Gasteiger partial charge in [0.05, 0.1) is 14.2 Å². The number of carbonyl (C=O) groups excluding carboxylic acids is 3. The largest absolute Gasteiger partial charge is 0.493 e. The molecule has 3 heterocycles. The number of nitrogens with one attached hydrogen (secondary N) is 2. The second-order valence-electron chi connectivity index (χ2n) is 9.18.